The number of hydrogen-bond acceptors (Lipinski definition) is 6. The van der Waals surface area contributed by atoms with Gasteiger partial charge in [0.2, 0.25) is 11.8 Å². The lowest BCUT2D eigenvalue weighted by Crippen LogP contribution is -2.44. The number of nitrogens with one attached hydrogen (secondary N) is 1. The molecule has 174 valence electrons. The number of imide groups is 1. The van der Waals surface area contributed by atoms with E-state index in [4.69, 9.17) is 9.47 Å². The summed E-state index contributed by atoms with van der Waals surface area (Å²) >= 11 is 0. The minimum atomic E-state index is -0.696. The van der Waals surface area contributed by atoms with E-state index in [-0.39, 0.29) is 30.4 Å². The minimum absolute atomic E-state index is 0.210. The topological polar surface area (TPSA) is 109 Å². The maximum atomic E-state index is 12.9. The first-order valence-corrected chi connectivity index (χ1v) is 11.1. The maximum absolute atomic E-state index is 12.9. The highest BCUT2D eigenvalue weighted by atomic mass is 16.5. The molecule has 9 nitrogen and oxygen atoms in total. The standard InChI is InChI=1S/C23H31N3O6/c1-15(2)14-32-20(28)11-13-31-12-5-7-16-6-4-8-17-21(16)25(3)23(30)26(17)18-9-10-19(27)24-22(18)29/h4,6,8,15,18H,5,7,9-14H2,1-3H3,(H,24,27,29). The molecule has 3 rings (SSSR count). The van der Waals surface area contributed by atoms with Gasteiger partial charge in [-0.05, 0) is 36.8 Å². The molecule has 0 radical (unpaired) electrons. The normalized spacial score (nSPS) is 16.6. The van der Waals surface area contributed by atoms with E-state index in [0.29, 0.717) is 44.1 Å². The largest absolute Gasteiger partial charge is 0.465 e. The van der Waals surface area contributed by atoms with E-state index in [1.165, 1.54) is 4.57 Å². The zero-order chi connectivity index (χ0) is 23.3. The van der Waals surface area contributed by atoms with Crippen molar-refractivity contribution in [2.45, 2.75) is 52.0 Å². The van der Waals surface area contributed by atoms with E-state index in [9.17, 15) is 19.2 Å². The molecule has 1 N–H and O–H groups in total. The van der Waals surface area contributed by atoms with E-state index in [2.05, 4.69) is 5.32 Å². The minimum Gasteiger partial charge on any atom is -0.465 e. The molecule has 2 amide bonds. The Balaban J connectivity index is 1.61. The van der Waals surface area contributed by atoms with Crippen LogP contribution in [-0.2, 0) is 37.3 Å². The summed E-state index contributed by atoms with van der Waals surface area (Å²) in [6.07, 6.45) is 2.15. The second-order valence-electron chi connectivity index (χ2n) is 8.51. The lowest BCUT2D eigenvalue weighted by molar-refractivity contribution is -0.146. The van der Waals surface area contributed by atoms with Crippen molar-refractivity contribution in [2.24, 2.45) is 13.0 Å². The first-order valence-electron chi connectivity index (χ1n) is 11.1. The van der Waals surface area contributed by atoms with E-state index in [1.807, 2.05) is 32.0 Å². The molecule has 1 saturated heterocycles. The molecule has 1 atom stereocenters. The van der Waals surface area contributed by atoms with Gasteiger partial charge in [0.25, 0.3) is 0 Å². The lowest BCUT2D eigenvalue weighted by Gasteiger charge is -2.21. The van der Waals surface area contributed by atoms with Gasteiger partial charge in [0, 0.05) is 20.1 Å². The third-order valence-corrected chi connectivity index (χ3v) is 5.47. The number of fused-ring (bicyclic) bond motifs is 1. The summed E-state index contributed by atoms with van der Waals surface area (Å²) in [6.45, 7) is 5.18. The third-order valence-electron chi connectivity index (χ3n) is 5.47. The molecule has 2 heterocycles. The second kappa shape index (κ2) is 10.6. The SMILES string of the molecule is CC(C)COC(=O)CCOCCCc1cccc2c1n(C)c(=O)n2C1CCC(=O)NC1=O. The van der Waals surface area contributed by atoms with E-state index in [1.54, 1.807) is 11.6 Å². The summed E-state index contributed by atoms with van der Waals surface area (Å²) < 4.78 is 13.7. The van der Waals surface area contributed by atoms with Crippen LogP contribution in [0.25, 0.3) is 11.0 Å². The average molecular weight is 446 g/mol. The fourth-order valence-electron chi connectivity index (χ4n) is 3.91. The highest BCUT2D eigenvalue weighted by Crippen LogP contribution is 2.25. The van der Waals surface area contributed by atoms with Crippen molar-refractivity contribution in [2.75, 3.05) is 19.8 Å². The molecular formula is C23H31N3O6. The number of hydrogen-bond donors (Lipinski definition) is 1. The Morgan fingerprint density at radius 1 is 1.22 bits per heavy atom. The first kappa shape index (κ1) is 23.7. The molecule has 0 saturated carbocycles. The van der Waals surface area contributed by atoms with Crippen LogP contribution in [0.3, 0.4) is 0 Å². The van der Waals surface area contributed by atoms with Gasteiger partial charge in [0.1, 0.15) is 6.04 Å². The fraction of sp³-hybridized carbons (Fsp3) is 0.565. The first-order chi connectivity index (χ1) is 15.3. The number of aromatic nitrogens is 2. The quantitative estimate of drug-likeness (QED) is 0.340. The summed E-state index contributed by atoms with van der Waals surface area (Å²) in [5.74, 6) is -0.702. The van der Waals surface area contributed by atoms with Gasteiger partial charge < -0.3 is 9.47 Å². The summed E-state index contributed by atoms with van der Waals surface area (Å²) in [5, 5.41) is 2.32. The van der Waals surface area contributed by atoms with Crippen LogP contribution in [0.15, 0.2) is 23.0 Å². The van der Waals surface area contributed by atoms with Gasteiger partial charge in [-0.15, -0.1) is 0 Å². The number of amides is 2. The number of para-hydroxylation sites is 1. The molecule has 0 aliphatic carbocycles. The van der Waals surface area contributed by atoms with Crippen molar-refractivity contribution in [3.8, 4) is 0 Å². The van der Waals surface area contributed by atoms with Crippen LogP contribution in [-0.4, -0.2) is 46.7 Å². The third kappa shape index (κ3) is 5.45. The molecule has 32 heavy (non-hydrogen) atoms. The molecule has 1 aliphatic heterocycles. The smallest absolute Gasteiger partial charge is 0.329 e. The molecule has 2 aromatic rings. The Hall–Kier alpha value is -2.94. The number of aryl methyl sites for hydroxylation is 2. The number of piperidine rings is 1. The lowest BCUT2D eigenvalue weighted by atomic mass is 10.0. The van der Waals surface area contributed by atoms with Crippen molar-refractivity contribution < 1.29 is 23.9 Å². The highest BCUT2D eigenvalue weighted by molar-refractivity contribution is 6.00. The maximum Gasteiger partial charge on any atom is 0.329 e. The van der Waals surface area contributed by atoms with E-state index >= 15 is 0 Å². The number of nitrogens with zero attached hydrogens (tertiary/aromatic N) is 2. The van der Waals surface area contributed by atoms with Crippen molar-refractivity contribution in [1.82, 2.24) is 14.5 Å². The number of esters is 1. The predicted octanol–water partition coefficient (Wildman–Crippen LogP) is 1.86. The van der Waals surface area contributed by atoms with Crippen LogP contribution in [0.2, 0.25) is 0 Å². The Morgan fingerprint density at radius 2 is 2.00 bits per heavy atom. The van der Waals surface area contributed by atoms with Crippen LogP contribution in [0.5, 0.6) is 0 Å². The number of ether oxygens (including phenoxy) is 2. The molecule has 1 aromatic heterocycles. The average Bonchev–Trinajstić information content (AvgIpc) is 3.00. The Kier molecular flexibility index (Phi) is 7.84. The molecule has 1 fully saturated rings. The van der Waals surface area contributed by atoms with Gasteiger partial charge in [-0.2, -0.15) is 0 Å². The summed E-state index contributed by atoms with van der Waals surface area (Å²) in [5.41, 5.74) is 2.16. The van der Waals surface area contributed by atoms with Crippen LogP contribution < -0.4 is 11.0 Å². The number of carbonyl (C=O) groups excluding carboxylic acids is 3. The van der Waals surface area contributed by atoms with Gasteiger partial charge in [0.05, 0.1) is 30.7 Å². The fourth-order valence-corrected chi connectivity index (χ4v) is 3.91. The predicted molar refractivity (Wildman–Crippen MR) is 118 cm³/mol. The Morgan fingerprint density at radius 3 is 2.72 bits per heavy atom. The van der Waals surface area contributed by atoms with Crippen molar-refractivity contribution in [3.63, 3.8) is 0 Å². The zero-order valence-electron chi connectivity index (χ0n) is 18.9. The van der Waals surface area contributed by atoms with Crippen LogP contribution >= 0.6 is 0 Å². The van der Waals surface area contributed by atoms with Gasteiger partial charge in [-0.25, -0.2) is 4.79 Å². The Bertz CT molecular complexity index is 1050. The summed E-state index contributed by atoms with van der Waals surface area (Å²) in [4.78, 5) is 48.4. The summed E-state index contributed by atoms with van der Waals surface area (Å²) in [6, 6.07) is 4.95. The molecule has 0 bridgehead atoms. The molecule has 1 aliphatic rings. The molecule has 1 aromatic carbocycles. The number of imidazole rings is 1. The number of rotatable bonds is 10. The van der Waals surface area contributed by atoms with Gasteiger partial charge in [-0.3, -0.25) is 28.8 Å². The van der Waals surface area contributed by atoms with Crippen LogP contribution in [0, 0.1) is 5.92 Å². The molecule has 0 spiro atoms. The molecule has 1 unspecified atom stereocenters. The molecular weight excluding hydrogens is 414 g/mol. The highest BCUT2D eigenvalue weighted by Gasteiger charge is 2.31. The van der Waals surface area contributed by atoms with E-state index in [0.717, 1.165) is 17.5 Å². The van der Waals surface area contributed by atoms with Gasteiger partial charge in [0.15, 0.2) is 0 Å². The second-order valence-corrected chi connectivity index (χ2v) is 8.51. The summed E-state index contributed by atoms with van der Waals surface area (Å²) in [7, 11) is 1.69. The van der Waals surface area contributed by atoms with Crippen molar-refractivity contribution >= 4 is 28.8 Å². The Labute approximate surface area is 186 Å². The number of carbonyl (C=O) groups is 3. The zero-order valence-corrected chi connectivity index (χ0v) is 18.9. The number of benzene rings is 1. The van der Waals surface area contributed by atoms with Crippen LogP contribution in [0.4, 0.5) is 0 Å². The van der Waals surface area contributed by atoms with Gasteiger partial charge >= 0.3 is 11.7 Å². The van der Waals surface area contributed by atoms with Crippen LogP contribution in [0.1, 0.15) is 51.1 Å². The van der Waals surface area contributed by atoms with Crippen molar-refractivity contribution in [3.05, 3.63) is 34.2 Å². The monoisotopic (exact) mass is 445 g/mol. The molecule has 9 heteroatoms. The van der Waals surface area contributed by atoms with E-state index < -0.39 is 11.9 Å². The van der Waals surface area contributed by atoms with Gasteiger partial charge in [-0.1, -0.05) is 26.0 Å². The van der Waals surface area contributed by atoms with Crippen molar-refractivity contribution in [1.29, 1.82) is 0 Å².